The van der Waals surface area contributed by atoms with Gasteiger partial charge in [0.1, 0.15) is 11.6 Å². The van der Waals surface area contributed by atoms with Gasteiger partial charge in [-0.2, -0.15) is 0 Å². The molecule has 1 aliphatic rings. The summed E-state index contributed by atoms with van der Waals surface area (Å²) in [6.45, 7) is 0. The molecule has 0 saturated heterocycles. The Labute approximate surface area is 317 Å². The lowest BCUT2D eigenvalue weighted by molar-refractivity contribution is 0.482. The first-order valence-electron chi connectivity index (χ1n) is 18.7. The first-order chi connectivity index (χ1) is 27.2. The van der Waals surface area contributed by atoms with Crippen LogP contribution in [0.5, 0.6) is 5.75 Å². The maximum absolute atomic E-state index is 12.3. The molecule has 1 atom stereocenters. The van der Waals surface area contributed by atoms with Crippen molar-refractivity contribution in [3.05, 3.63) is 205 Å². The summed E-state index contributed by atoms with van der Waals surface area (Å²) in [6, 6.07) is 65.5. The number of rotatable bonds is 5. The normalized spacial score (nSPS) is 14.0. The van der Waals surface area contributed by atoms with E-state index in [0.29, 0.717) is 0 Å². The molecular formula is C50H34N4O. The fraction of sp³-hybridized carbons (Fsp3) is 0.0200. The Hall–Kier alpha value is -7.37. The Morgan fingerprint density at radius 2 is 1.11 bits per heavy atom. The fourth-order valence-electron chi connectivity index (χ4n) is 8.55. The number of nitrogens with one attached hydrogen (secondary N) is 1. The molecule has 55 heavy (non-hydrogen) atoms. The van der Waals surface area contributed by atoms with Gasteiger partial charge in [-0.25, -0.2) is 4.99 Å². The van der Waals surface area contributed by atoms with Gasteiger partial charge in [-0.15, -0.1) is 0 Å². The van der Waals surface area contributed by atoms with Gasteiger partial charge in [-0.1, -0.05) is 121 Å². The van der Waals surface area contributed by atoms with Gasteiger partial charge in [0, 0.05) is 49.6 Å². The minimum atomic E-state index is -0.0194. The van der Waals surface area contributed by atoms with Crippen molar-refractivity contribution in [1.82, 2.24) is 14.5 Å². The number of phenols is 1. The molecule has 0 amide bonds. The molecule has 0 fully saturated rings. The summed E-state index contributed by atoms with van der Waals surface area (Å²) in [4.78, 5) is 5.09. The zero-order chi connectivity index (χ0) is 36.5. The Morgan fingerprint density at radius 1 is 0.473 bits per heavy atom. The molecule has 260 valence electrons. The third kappa shape index (κ3) is 4.90. The summed E-state index contributed by atoms with van der Waals surface area (Å²) in [5.74, 6) is 1.08. The molecule has 1 unspecified atom stereocenters. The minimum absolute atomic E-state index is 0.0194. The number of fused-ring (bicyclic) bond motifs is 7. The van der Waals surface area contributed by atoms with Crippen LogP contribution in [0.1, 0.15) is 22.7 Å². The SMILES string of the molecule is Oc1c(-c2ccccc2)ccc2c3cc4c5ccccc5n(-c5ccccc5)c4cc3n(-c3ccc(C4=Nc5ccccc5C(c5ccccc5)N4)cc3)c12. The van der Waals surface area contributed by atoms with E-state index < -0.39 is 0 Å². The Morgan fingerprint density at radius 3 is 1.91 bits per heavy atom. The van der Waals surface area contributed by atoms with E-state index >= 15 is 0 Å². The van der Waals surface area contributed by atoms with Crippen LogP contribution >= 0.6 is 0 Å². The molecule has 3 heterocycles. The van der Waals surface area contributed by atoms with Crippen LogP contribution in [0.25, 0.3) is 66.1 Å². The summed E-state index contributed by atoms with van der Waals surface area (Å²) in [7, 11) is 0. The standard InChI is InChI=1S/C50H34N4O/c55-49-37(32-14-4-1-5-15-32)28-29-39-42-30-41-38-20-11-13-23-44(38)53(35-18-8-3-9-19-35)45(41)31-46(42)54(48(39)49)36-26-24-34(25-27-36)50-51-43-22-12-10-21-40(43)47(52-50)33-16-6-2-7-17-33/h1-31,47,55H,(H,51,52). The van der Waals surface area contributed by atoms with Crippen LogP contribution in [-0.2, 0) is 0 Å². The van der Waals surface area contributed by atoms with E-state index in [4.69, 9.17) is 4.99 Å². The van der Waals surface area contributed by atoms with Crippen molar-refractivity contribution >= 4 is 55.1 Å². The van der Waals surface area contributed by atoms with Gasteiger partial charge < -0.3 is 19.6 Å². The molecule has 8 aromatic carbocycles. The molecule has 2 N–H and O–H groups in total. The average Bonchev–Trinajstić information content (AvgIpc) is 3.76. The van der Waals surface area contributed by atoms with Gasteiger partial charge in [-0.05, 0) is 77.9 Å². The molecule has 0 saturated carbocycles. The lowest BCUT2D eigenvalue weighted by Gasteiger charge is -2.27. The molecule has 0 radical (unpaired) electrons. The highest BCUT2D eigenvalue weighted by molar-refractivity contribution is 6.20. The molecule has 0 aliphatic carbocycles. The van der Waals surface area contributed by atoms with E-state index in [0.717, 1.165) is 78.0 Å². The van der Waals surface area contributed by atoms with Crippen molar-refractivity contribution in [3.63, 3.8) is 0 Å². The smallest absolute Gasteiger partial charge is 0.148 e. The predicted molar refractivity (Wildman–Crippen MR) is 226 cm³/mol. The second-order valence-corrected chi connectivity index (χ2v) is 14.2. The van der Waals surface area contributed by atoms with Crippen LogP contribution in [0.3, 0.4) is 0 Å². The van der Waals surface area contributed by atoms with E-state index in [2.05, 4.69) is 154 Å². The topological polar surface area (TPSA) is 54.5 Å². The Kier molecular flexibility index (Phi) is 7.01. The number of benzene rings is 8. The van der Waals surface area contributed by atoms with Crippen molar-refractivity contribution < 1.29 is 5.11 Å². The van der Waals surface area contributed by atoms with Crippen LogP contribution < -0.4 is 5.32 Å². The molecule has 1 aliphatic heterocycles. The van der Waals surface area contributed by atoms with Crippen LogP contribution in [-0.4, -0.2) is 20.1 Å². The number of aromatic hydroxyl groups is 1. The predicted octanol–water partition coefficient (Wildman–Crippen LogP) is 12.0. The third-order valence-electron chi connectivity index (χ3n) is 11.1. The second-order valence-electron chi connectivity index (χ2n) is 14.2. The number of phenolic OH excluding ortho intramolecular Hbond substituents is 1. The van der Waals surface area contributed by atoms with E-state index in [-0.39, 0.29) is 11.8 Å². The molecule has 0 spiro atoms. The number of aliphatic imine (C=N–C) groups is 1. The number of aromatic nitrogens is 2. The molecule has 10 aromatic rings. The van der Waals surface area contributed by atoms with Crippen LogP contribution in [0.15, 0.2) is 193 Å². The van der Waals surface area contributed by atoms with Crippen molar-refractivity contribution in [2.75, 3.05) is 0 Å². The van der Waals surface area contributed by atoms with Crippen molar-refractivity contribution in [1.29, 1.82) is 0 Å². The summed E-state index contributed by atoms with van der Waals surface area (Å²) in [6.07, 6.45) is 0. The summed E-state index contributed by atoms with van der Waals surface area (Å²) in [5.41, 5.74) is 12.2. The van der Waals surface area contributed by atoms with Gasteiger partial charge >= 0.3 is 0 Å². The number of nitrogens with zero attached hydrogens (tertiary/aromatic N) is 3. The van der Waals surface area contributed by atoms with Crippen LogP contribution in [0.4, 0.5) is 5.69 Å². The van der Waals surface area contributed by atoms with Crippen molar-refractivity contribution in [3.8, 4) is 28.3 Å². The molecular weight excluding hydrogens is 673 g/mol. The Balaban J connectivity index is 1.14. The number of hydrogen-bond acceptors (Lipinski definition) is 3. The molecule has 5 nitrogen and oxygen atoms in total. The van der Waals surface area contributed by atoms with Gasteiger partial charge in [0.2, 0.25) is 0 Å². The maximum atomic E-state index is 12.3. The lowest BCUT2D eigenvalue weighted by Crippen LogP contribution is -2.32. The maximum Gasteiger partial charge on any atom is 0.148 e. The monoisotopic (exact) mass is 706 g/mol. The van der Waals surface area contributed by atoms with E-state index in [1.54, 1.807) is 0 Å². The van der Waals surface area contributed by atoms with Crippen molar-refractivity contribution in [2.24, 2.45) is 4.99 Å². The summed E-state index contributed by atoms with van der Waals surface area (Å²) < 4.78 is 4.57. The Bertz CT molecular complexity index is 3110. The summed E-state index contributed by atoms with van der Waals surface area (Å²) >= 11 is 0. The zero-order valence-electron chi connectivity index (χ0n) is 29.8. The molecule has 2 aromatic heterocycles. The minimum Gasteiger partial charge on any atom is -0.505 e. The highest BCUT2D eigenvalue weighted by Gasteiger charge is 2.25. The average molecular weight is 707 g/mol. The zero-order valence-corrected chi connectivity index (χ0v) is 29.8. The highest BCUT2D eigenvalue weighted by atomic mass is 16.3. The van der Waals surface area contributed by atoms with E-state index in [9.17, 15) is 5.11 Å². The quantitative estimate of drug-likeness (QED) is 0.187. The van der Waals surface area contributed by atoms with Gasteiger partial charge in [0.15, 0.2) is 0 Å². The van der Waals surface area contributed by atoms with Crippen LogP contribution in [0, 0.1) is 0 Å². The number of hydrogen-bond donors (Lipinski definition) is 2. The first kappa shape index (κ1) is 31.2. The number of amidine groups is 1. The molecule has 11 rings (SSSR count). The fourth-order valence-corrected chi connectivity index (χ4v) is 8.55. The van der Waals surface area contributed by atoms with E-state index in [1.807, 2.05) is 48.5 Å². The lowest BCUT2D eigenvalue weighted by atomic mass is 9.95. The molecule has 0 bridgehead atoms. The first-order valence-corrected chi connectivity index (χ1v) is 18.7. The van der Waals surface area contributed by atoms with Crippen molar-refractivity contribution in [2.45, 2.75) is 6.04 Å². The number of para-hydroxylation sites is 3. The highest BCUT2D eigenvalue weighted by Crippen LogP contribution is 2.45. The van der Waals surface area contributed by atoms with Gasteiger partial charge in [0.25, 0.3) is 0 Å². The van der Waals surface area contributed by atoms with Crippen LogP contribution in [0.2, 0.25) is 0 Å². The van der Waals surface area contributed by atoms with E-state index in [1.165, 1.54) is 16.3 Å². The largest absolute Gasteiger partial charge is 0.505 e. The van der Waals surface area contributed by atoms with Gasteiger partial charge in [0.05, 0.1) is 33.8 Å². The summed E-state index contributed by atoms with van der Waals surface area (Å²) in [5, 5.41) is 20.5. The third-order valence-corrected chi connectivity index (χ3v) is 11.1. The van der Waals surface area contributed by atoms with Gasteiger partial charge in [-0.3, -0.25) is 0 Å². The molecule has 5 heteroatoms. The second kappa shape index (κ2) is 12.4.